The third-order valence-corrected chi connectivity index (χ3v) is 4.49. The lowest BCUT2D eigenvalue weighted by Gasteiger charge is -2.25. The van der Waals surface area contributed by atoms with Crippen LogP contribution in [0.25, 0.3) is 10.4 Å². The van der Waals surface area contributed by atoms with E-state index in [0.29, 0.717) is 26.2 Å². The van der Waals surface area contributed by atoms with E-state index in [-0.39, 0.29) is 45.2 Å². The van der Waals surface area contributed by atoms with Gasteiger partial charge >= 0.3 is 6.03 Å². The van der Waals surface area contributed by atoms with Gasteiger partial charge in [0.1, 0.15) is 18.7 Å². The molecule has 0 bridgehead atoms. The molecule has 6 N–H and O–H groups in total. The van der Waals surface area contributed by atoms with Crippen molar-refractivity contribution < 1.29 is 33.4 Å². The number of hydrogen-bond acceptors (Lipinski definition) is 8. The minimum Gasteiger partial charge on any atom is -0.379 e. The Labute approximate surface area is 204 Å². The summed E-state index contributed by atoms with van der Waals surface area (Å²) in [5, 5.41) is 13.5. The fraction of sp³-hybridized carbons (Fsp3) is 0.800. The van der Waals surface area contributed by atoms with Crippen molar-refractivity contribution in [2.45, 2.75) is 38.8 Å². The van der Waals surface area contributed by atoms with Crippen molar-refractivity contribution in [3.05, 3.63) is 10.4 Å². The Kier molecular flexibility index (Phi) is 18.4. The molecular formula is C20H38N8O7. The minimum absolute atomic E-state index is 0.169. The number of hydrogen-bond donors (Lipinski definition) is 5. The van der Waals surface area contributed by atoms with E-state index in [1.807, 2.05) is 0 Å². The number of urea groups is 1. The number of ether oxygens (including phenoxy) is 3. The Bertz CT molecular complexity index is 701. The second-order valence-corrected chi connectivity index (χ2v) is 7.63. The minimum atomic E-state index is -0.874. The van der Waals surface area contributed by atoms with Gasteiger partial charge in [0.05, 0.1) is 33.0 Å². The van der Waals surface area contributed by atoms with Gasteiger partial charge in [-0.15, -0.1) is 0 Å². The zero-order chi connectivity index (χ0) is 26.5. The molecular weight excluding hydrogens is 464 g/mol. The molecule has 0 aliphatic heterocycles. The van der Waals surface area contributed by atoms with Gasteiger partial charge in [-0.2, -0.15) is 0 Å². The standard InChI is InChI=1S/C20H38N8O7/c1-14(2)17(19(31)26-15(18(30)23-3)5-4-6-24-20(21)32)27-16(29)13-35-12-11-34-10-9-33-8-7-25-28-22/h14-15,17H,4-13H2,1-3H3,(H,23,30)(H,26,31)(H,27,29)(H3,21,24,32). The number of azide groups is 1. The quantitative estimate of drug-likeness (QED) is 0.0614. The van der Waals surface area contributed by atoms with Crippen molar-refractivity contribution in [2.75, 3.05) is 59.8 Å². The summed E-state index contributed by atoms with van der Waals surface area (Å²) in [4.78, 5) is 50.5. The van der Waals surface area contributed by atoms with Crippen LogP contribution in [-0.4, -0.2) is 95.6 Å². The molecule has 0 aromatic carbocycles. The molecule has 0 fully saturated rings. The molecule has 35 heavy (non-hydrogen) atoms. The summed E-state index contributed by atoms with van der Waals surface area (Å²) in [6.45, 7) is 5.17. The Morgan fingerprint density at radius 3 is 2.17 bits per heavy atom. The summed E-state index contributed by atoms with van der Waals surface area (Å²) in [7, 11) is 1.45. The predicted molar refractivity (Wildman–Crippen MR) is 126 cm³/mol. The van der Waals surface area contributed by atoms with Crippen LogP contribution in [0, 0.1) is 5.92 Å². The Morgan fingerprint density at radius 1 is 0.971 bits per heavy atom. The SMILES string of the molecule is CNC(=O)C(CCCNC(N)=O)NC(=O)C(NC(=O)COCCOCCOCCN=[N+]=[N-])C(C)C. The summed E-state index contributed by atoms with van der Waals surface area (Å²) in [5.41, 5.74) is 13.1. The van der Waals surface area contributed by atoms with E-state index < -0.39 is 35.8 Å². The monoisotopic (exact) mass is 502 g/mol. The number of carbonyl (C=O) groups is 4. The first-order valence-corrected chi connectivity index (χ1v) is 11.3. The molecule has 0 aliphatic carbocycles. The van der Waals surface area contributed by atoms with E-state index in [4.69, 9.17) is 25.5 Å². The van der Waals surface area contributed by atoms with Crippen molar-refractivity contribution in [3.63, 3.8) is 0 Å². The van der Waals surface area contributed by atoms with Gasteiger partial charge in [0.25, 0.3) is 0 Å². The third kappa shape index (κ3) is 17.0. The number of nitrogens with one attached hydrogen (secondary N) is 4. The fourth-order valence-electron chi connectivity index (χ4n) is 2.73. The number of nitrogens with two attached hydrogens (primary N) is 1. The molecule has 15 heteroatoms. The van der Waals surface area contributed by atoms with Gasteiger partial charge in [-0.3, -0.25) is 14.4 Å². The largest absolute Gasteiger partial charge is 0.379 e. The lowest BCUT2D eigenvalue weighted by atomic mass is 10.0. The maximum Gasteiger partial charge on any atom is 0.312 e. The average molecular weight is 503 g/mol. The molecule has 0 aromatic heterocycles. The Hall–Kier alpha value is -3.13. The number of carbonyl (C=O) groups excluding carboxylic acids is 4. The highest BCUT2D eigenvalue weighted by Gasteiger charge is 2.28. The fourth-order valence-corrected chi connectivity index (χ4v) is 2.73. The van der Waals surface area contributed by atoms with Crippen molar-refractivity contribution >= 4 is 23.8 Å². The van der Waals surface area contributed by atoms with E-state index in [9.17, 15) is 19.2 Å². The van der Waals surface area contributed by atoms with E-state index in [2.05, 4.69) is 31.3 Å². The summed E-state index contributed by atoms with van der Waals surface area (Å²) in [5.74, 6) is -1.63. The van der Waals surface area contributed by atoms with E-state index in [1.54, 1.807) is 13.8 Å². The van der Waals surface area contributed by atoms with Gasteiger partial charge in [0.2, 0.25) is 17.7 Å². The van der Waals surface area contributed by atoms with Crippen LogP contribution in [0.1, 0.15) is 26.7 Å². The zero-order valence-electron chi connectivity index (χ0n) is 20.6. The van der Waals surface area contributed by atoms with Gasteiger partial charge in [0, 0.05) is 25.0 Å². The van der Waals surface area contributed by atoms with Gasteiger partial charge in [0.15, 0.2) is 0 Å². The summed E-state index contributed by atoms with van der Waals surface area (Å²) < 4.78 is 15.7. The average Bonchev–Trinajstić information content (AvgIpc) is 2.81. The highest BCUT2D eigenvalue weighted by Crippen LogP contribution is 2.05. The Balaban J connectivity index is 4.37. The number of primary amides is 1. The lowest BCUT2D eigenvalue weighted by molar-refractivity contribution is -0.134. The van der Waals surface area contributed by atoms with E-state index >= 15 is 0 Å². The molecule has 0 saturated carbocycles. The highest BCUT2D eigenvalue weighted by atomic mass is 16.5. The van der Waals surface area contributed by atoms with Crippen molar-refractivity contribution in [3.8, 4) is 0 Å². The van der Waals surface area contributed by atoms with E-state index in [0.717, 1.165) is 0 Å². The van der Waals surface area contributed by atoms with Crippen molar-refractivity contribution in [1.82, 2.24) is 21.3 Å². The first-order valence-electron chi connectivity index (χ1n) is 11.3. The molecule has 15 nitrogen and oxygen atoms in total. The van der Waals surface area contributed by atoms with Crippen LogP contribution in [0.3, 0.4) is 0 Å². The highest BCUT2D eigenvalue weighted by molar-refractivity contribution is 5.92. The smallest absolute Gasteiger partial charge is 0.312 e. The van der Waals surface area contributed by atoms with Crippen LogP contribution in [0.15, 0.2) is 5.11 Å². The Morgan fingerprint density at radius 2 is 1.60 bits per heavy atom. The second-order valence-electron chi connectivity index (χ2n) is 7.63. The van der Waals surface area contributed by atoms with Crippen LogP contribution in [-0.2, 0) is 28.6 Å². The first kappa shape index (κ1) is 31.9. The summed E-state index contributed by atoms with van der Waals surface area (Å²) in [6.07, 6.45) is 0.685. The van der Waals surface area contributed by atoms with Crippen LogP contribution >= 0.6 is 0 Å². The topological polar surface area (TPSA) is 219 Å². The first-order chi connectivity index (χ1) is 16.7. The normalized spacial score (nSPS) is 12.2. The third-order valence-electron chi connectivity index (χ3n) is 4.49. The van der Waals surface area contributed by atoms with Gasteiger partial charge in [-0.1, -0.05) is 19.0 Å². The molecule has 200 valence electrons. The maximum atomic E-state index is 12.8. The molecule has 0 heterocycles. The molecule has 2 atom stereocenters. The number of likely N-dealkylation sites (N-methyl/N-ethyl adjacent to an activating group) is 1. The maximum absolute atomic E-state index is 12.8. The van der Waals surface area contributed by atoms with Crippen LogP contribution in [0.4, 0.5) is 4.79 Å². The summed E-state index contributed by atoms with van der Waals surface area (Å²) in [6, 6.07) is -2.38. The van der Waals surface area contributed by atoms with Crippen molar-refractivity contribution in [1.29, 1.82) is 0 Å². The molecule has 0 saturated heterocycles. The van der Waals surface area contributed by atoms with E-state index in [1.165, 1.54) is 7.05 Å². The van der Waals surface area contributed by atoms with Gasteiger partial charge in [-0.05, 0) is 24.3 Å². The lowest BCUT2D eigenvalue weighted by Crippen LogP contribution is -2.55. The van der Waals surface area contributed by atoms with Crippen LogP contribution < -0.4 is 27.0 Å². The van der Waals surface area contributed by atoms with Crippen molar-refractivity contribution in [2.24, 2.45) is 16.8 Å². The van der Waals surface area contributed by atoms with Gasteiger partial charge in [-0.25, -0.2) is 4.79 Å². The molecule has 0 aromatic rings. The summed E-state index contributed by atoms with van der Waals surface area (Å²) >= 11 is 0. The molecule has 0 radical (unpaired) electrons. The number of rotatable bonds is 20. The molecule has 5 amide bonds. The zero-order valence-corrected chi connectivity index (χ0v) is 20.6. The van der Waals surface area contributed by atoms with Crippen LogP contribution in [0.5, 0.6) is 0 Å². The number of nitrogens with zero attached hydrogens (tertiary/aromatic N) is 3. The second kappa shape index (κ2) is 20.3. The number of amides is 5. The molecule has 0 spiro atoms. The molecule has 0 rings (SSSR count). The predicted octanol–water partition coefficient (Wildman–Crippen LogP) is -0.833. The van der Waals surface area contributed by atoms with Crippen LogP contribution in [0.2, 0.25) is 0 Å². The van der Waals surface area contributed by atoms with Gasteiger partial charge < -0.3 is 41.2 Å². The molecule has 0 aliphatic rings. The molecule has 2 unspecified atom stereocenters.